The monoisotopic (exact) mass is 613 g/mol. The van der Waals surface area contributed by atoms with Crippen LogP contribution in [-0.2, 0) is 23.1 Å². The predicted octanol–water partition coefficient (Wildman–Crippen LogP) is 3.33. The number of hydrogen-bond donors (Lipinski definition) is 0. The van der Waals surface area contributed by atoms with Gasteiger partial charge < -0.3 is 32.5 Å². The Labute approximate surface area is 265 Å². The molecule has 1 aliphatic carbocycles. The molecule has 12 heteroatoms. The van der Waals surface area contributed by atoms with Gasteiger partial charge in [-0.05, 0) is 50.1 Å². The van der Waals surface area contributed by atoms with Crippen LogP contribution in [0.3, 0.4) is 0 Å². The van der Waals surface area contributed by atoms with E-state index in [1.165, 1.54) is 0 Å². The summed E-state index contributed by atoms with van der Waals surface area (Å²) in [4.78, 5) is 16.4. The third-order valence-corrected chi connectivity index (χ3v) is 18.9. The fraction of sp³-hybridized carbons (Fsp3) is 0.767. The van der Waals surface area contributed by atoms with Gasteiger partial charge in [-0.1, -0.05) is 41.5 Å². The Morgan fingerprint density at radius 3 is 2.00 bits per heavy atom. The van der Waals surface area contributed by atoms with Crippen LogP contribution >= 0.6 is 0 Å². The summed E-state index contributed by atoms with van der Waals surface area (Å²) in [5.74, 6) is 0.192. The van der Waals surface area contributed by atoms with Gasteiger partial charge in [0.15, 0.2) is 22.4 Å². The van der Waals surface area contributed by atoms with Crippen LogP contribution in [0.25, 0.3) is 0 Å². The predicted molar refractivity (Wildman–Crippen MR) is 161 cm³/mol. The second-order valence-corrected chi connectivity index (χ2v) is 21.3. The number of methoxy groups -OCH3 is 1. The molecule has 42 heavy (non-hydrogen) atoms. The zero-order valence-electron chi connectivity index (χ0n) is 27.2. The molecule has 0 N–H and O–H groups in total. The van der Waals surface area contributed by atoms with Gasteiger partial charge in [0, 0.05) is 5.92 Å². The Morgan fingerprint density at radius 2 is 1.48 bits per heavy atom. The van der Waals surface area contributed by atoms with Crippen LogP contribution in [0.15, 0.2) is 11.1 Å². The minimum atomic E-state index is -2.20. The van der Waals surface area contributed by atoms with E-state index in [0.29, 0.717) is 17.2 Å². The third kappa shape index (κ3) is 6.61. The van der Waals surface area contributed by atoms with Crippen LogP contribution in [0.2, 0.25) is 36.3 Å². The molecule has 4 rings (SSSR count). The van der Waals surface area contributed by atoms with Crippen molar-refractivity contribution in [1.29, 1.82) is 0 Å². The maximum atomic E-state index is 12.0. The average Bonchev–Trinajstić information content (AvgIpc) is 3.59. The van der Waals surface area contributed by atoms with E-state index in [2.05, 4.69) is 52.6 Å². The van der Waals surface area contributed by atoms with E-state index in [1.54, 1.807) is 7.11 Å². The van der Waals surface area contributed by atoms with Crippen LogP contribution in [0.4, 0.5) is 0 Å². The van der Waals surface area contributed by atoms with Crippen molar-refractivity contribution in [3.05, 3.63) is 17.7 Å². The zero-order valence-corrected chi connectivity index (χ0v) is 29.2. The second kappa shape index (κ2) is 14.3. The van der Waals surface area contributed by atoms with Crippen LogP contribution in [0.1, 0.15) is 66.9 Å². The molecule has 1 saturated heterocycles. The average molecular weight is 614 g/mol. The van der Waals surface area contributed by atoms with Gasteiger partial charge in [0.25, 0.3) is 0 Å². The van der Waals surface area contributed by atoms with Crippen molar-refractivity contribution in [3.8, 4) is 17.2 Å². The number of rotatable bonds is 13. The summed E-state index contributed by atoms with van der Waals surface area (Å²) >= 11 is 0. The molecule has 2 aliphatic heterocycles. The number of benzene rings is 1. The summed E-state index contributed by atoms with van der Waals surface area (Å²) in [5, 5.41) is 0. The van der Waals surface area contributed by atoms with Crippen molar-refractivity contribution < 1.29 is 56.2 Å². The molecule has 2 fully saturated rings. The number of isocyanates is 1. The molecular weight excluding hydrogens is 565 g/mol. The van der Waals surface area contributed by atoms with Gasteiger partial charge in [-0.25, -0.2) is 4.79 Å². The summed E-state index contributed by atoms with van der Waals surface area (Å²) in [6.07, 6.45) is -0.0326. The van der Waals surface area contributed by atoms with Crippen molar-refractivity contribution in [1.82, 2.24) is 0 Å². The Balaban J connectivity index is 0.00000484. The van der Waals surface area contributed by atoms with E-state index in [-0.39, 0.29) is 25.7 Å². The van der Waals surface area contributed by atoms with Gasteiger partial charge in [-0.2, -0.15) is 4.99 Å². The largest absolute Gasteiger partial charge is 1.00 e. The van der Waals surface area contributed by atoms with Gasteiger partial charge in [0.2, 0.25) is 12.9 Å². The number of ether oxygens (including phenoxy) is 5. The smallest absolute Gasteiger partial charge is 0.519 e. The van der Waals surface area contributed by atoms with E-state index in [4.69, 9.17) is 32.5 Å². The molecule has 0 spiro atoms. The molecule has 3 aliphatic rings. The van der Waals surface area contributed by atoms with E-state index in [1.807, 2.05) is 26.0 Å². The van der Waals surface area contributed by atoms with Gasteiger partial charge in [-0.3, -0.25) is 0 Å². The van der Waals surface area contributed by atoms with Crippen LogP contribution in [0.5, 0.6) is 17.2 Å². The number of nitrogens with zero attached hydrogens (tertiary/aromatic N) is 1. The number of fused-ring (bicyclic) bond motifs is 2. The molecule has 0 bridgehead atoms. The minimum Gasteiger partial charge on any atom is -0.519 e. The molecule has 0 aromatic heterocycles. The van der Waals surface area contributed by atoms with Crippen LogP contribution in [-0.4, -0.2) is 72.9 Å². The molecule has 1 aromatic rings. The normalized spacial score (nSPS) is 28.0. The SMILES string of the molecule is CC[Si](CC)(CC)O[C@@H]1[C@H]2OC(C)(C)O[C@H]2[C@H](N=C=O)[C@@H](c2[c-]c(OC)c3c(c2)OCO3)[C@H]1O[Si](CC)(CC)CC.[Li+]. The summed E-state index contributed by atoms with van der Waals surface area (Å²) in [6.45, 7) is 17.2. The Bertz CT molecular complexity index is 1090. The first kappa shape index (κ1) is 35.4. The summed E-state index contributed by atoms with van der Waals surface area (Å²) in [5.41, 5.74) is 0.753. The van der Waals surface area contributed by atoms with Gasteiger partial charge in [0.1, 0.15) is 12.2 Å². The molecular formula is C30H48LiNO8Si2. The van der Waals surface area contributed by atoms with Crippen molar-refractivity contribution >= 4 is 22.7 Å². The molecule has 9 nitrogen and oxygen atoms in total. The maximum Gasteiger partial charge on any atom is 1.00 e. The minimum absolute atomic E-state index is 0. The zero-order chi connectivity index (χ0) is 30.0. The van der Waals surface area contributed by atoms with Crippen molar-refractivity contribution in [2.45, 2.75) is 134 Å². The van der Waals surface area contributed by atoms with E-state index >= 15 is 0 Å². The molecule has 1 saturated carbocycles. The van der Waals surface area contributed by atoms with Crippen LogP contribution < -0.4 is 33.1 Å². The number of carbonyl (C=O) groups excluding carboxylic acids is 1. The fourth-order valence-electron chi connectivity index (χ4n) is 6.81. The standard InChI is InChI=1S/C30H48NO8Si2.Li/c1-10-40(11-2,12-3)38-26-23(20-16-21(33-9)25-22(17-20)34-19-35-25)24(31-18-32)27-28(37-30(7,8)36-27)29(26)39-41(13-4,14-5)15-6;/h17,23-24,26-29H,10-15,19H2,1-9H3;/q-1;+1/t23-,24-,26-,27+,28+,29+;/m1./s1. The summed E-state index contributed by atoms with van der Waals surface area (Å²) in [7, 11) is -2.77. The van der Waals surface area contributed by atoms with Crippen LogP contribution in [0, 0.1) is 6.07 Å². The van der Waals surface area contributed by atoms with Crippen molar-refractivity contribution in [3.63, 3.8) is 0 Å². The van der Waals surface area contributed by atoms with Gasteiger partial charge >= 0.3 is 18.9 Å². The second-order valence-electron chi connectivity index (χ2n) is 11.8. The Morgan fingerprint density at radius 1 is 0.929 bits per heavy atom. The Kier molecular flexibility index (Phi) is 12.0. The Hall–Kier alpha value is -1.13. The number of hydrogen-bond acceptors (Lipinski definition) is 9. The van der Waals surface area contributed by atoms with E-state index in [9.17, 15) is 4.79 Å². The molecule has 0 amide bonds. The summed E-state index contributed by atoms with van der Waals surface area (Å²) < 4.78 is 45.0. The molecule has 230 valence electrons. The first-order valence-electron chi connectivity index (χ1n) is 15.3. The van der Waals surface area contributed by atoms with E-state index < -0.39 is 58.8 Å². The maximum absolute atomic E-state index is 12.0. The number of aliphatic imine (C=N–C) groups is 1. The van der Waals surface area contributed by atoms with Gasteiger partial charge in [-0.15, -0.1) is 17.7 Å². The quantitative estimate of drug-likeness (QED) is 0.145. The molecule has 0 radical (unpaired) electrons. The molecule has 0 unspecified atom stereocenters. The molecule has 6 atom stereocenters. The van der Waals surface area contributed by atoms with Gasteiger partial charge in [0.05, 0.1) is 42.6 Å². The fourth-order valence-corrected chi connectivity index (χ4v) is 12.5. The third-order valence-electron chi connectivity index (χ3n) is 9.67. The first-order valence-corrected chi connectivity index (χ1v) is 20.3. The molecule has 1 aromatic carbocycles. The molecule has 2 heterocycles. The van der Waals surface area contributed by atoms with Crippen molar-refractivity contribution in [2.24, 2.45) is 4.99 Å². The topological polar surface area (TPSA) is 94.0 Å². The van der Waals surface area contributed by atoms with Crippen molar-refractivity contribution in [2.75, 3.05) is 13.9 Å². The first-order chi connectivity index (χ1) is 19.6. The van der Waals surface area contributed by atoms with E-state index in [0.717, 1.165) is 41.8 Å². The summed E-state index contributed by atoms with van der Waals surface area (Å²) in [6, 6.07) is 10.5.